The van der Waals surface area contributed by atoms with Crippen LogP contribution in [0.2, 0.25) is 0 Å². The third-order valence-electron chi connectivity index (χ3n) is 4.10. The number of ether oxygens (including phenoxy) is 1. The van der Waals surface area contributed by atoms with E-state index in [4.69, 9.17) is 10.5 Å². The summed E-state index contributed by atoms with van der Waals surface area (Å²) in [6.45, 7) is 2.98. The number of nitrogens with one attached hydrogen (secondary N) is 1. The normalized spacial score (nSPS) is 11.2. The zero-order valence-electron chi connectivity index (χ0n) is 15.4. The van der Waals surface area contributed by atoms with Crippen molar-refractivity contribution in [2.24, 2.45) is 10.7 Å². The van der Waals surface area contributed by atoms with Gasteiger partial charge < -0.3 is 15.8 Å². The van der Waals surface area contributed by atoms with Crippen molar-refractivity contribution < 1.29 is 4.74 Å². The minimum absolute atomic E-state index is 0.362. The van der Waals surface area contributed by atoms with Gasteiger partial charge in [0.05, 0.1) is 6.54 Å². The van der Waals surface area contributed by atoms with E-state index in [1.165, 1.54) is 5.56 Å². The van der Waals surface area contributed by atoms with Crippen LogP contribution in [-0.4, -0.2) is 10.9 Å². The van der Waals surface area contributed by atoms with E-state index in [2.05, 4.69) is 34.3 Å². The van der Waals surface area contributed by atoms with Crippen LogP contribution in [0, 0.1) is 0 Å². The molecule has 0 aliphatic heterocycles. The summed E-state index contributed by atoms with van der Waals surface area (Å²) in [5, 5.41) is 3.13. The standard InChI is InChI=1S/C22H24N4O/c1-2-17-10-6-12-20(14-17)26-22(23)25-15-19-11-7-13-24-21(19)27-16-18-8-4-3-5-9-18/h3-14H,2,15-16H2,1H3,(H3,23,25,26). The number of benzene rings is 2. The average molecular weight is 360 g/mol. The van der Waals surface area contributed by atoms with Crippen molar-refractivity contribution in [3.8, 4) is 5.88 Å². The molecule has 0 bridgehead atoms. The monoisotopic (exact) mass is 360 g/mol. The van der Waals surface area contributed by atoms with Gasteiger partial charge in [0.15, 0.2) is 5.96 Å². The molecule has 0 saturated heterocycles. The minimum Gasteiger partial charge on any atom is -0.473 e. The van der Waals surface area contributed by atoms with Crippen LogP contribution in [0.25, 0.3) is 0 Å². The van der Waals surface area contributed by atoms with Gasteiger partial charge in [0, 0.05) is 17.4 Å². The van der Waals surface area contributed by atoms with Crippen molar-refractivity contribution in [2.45, 2.75) is 26.5 Å². The van der Waals surface area contributed by atoms with Gasteiger partial charge in [0.1, 0.15) is 6.61 Å². The summed E-state index contributed by atoms with van der Waals surface area (Å²) in [6.07, 6.45) is 2.69. The summed E-state index contributed by atoms with van der Waals surface area (Å²) < 4.78 is 5.86. The minimum atomic E-state index is 0.362. The maximum Gasteiger partial charge on any atom is 0.218 e. The van der Waals surface area contributed by atoms with Gasteiger partial charge in [0.2, 0.25) is 5.88 Å². The van der Waals surface area contributed by atoms with Gasteiger partial charge in [-0.25, -0.2) is 9.98 Å². The molecule has 5 nitrogen and oxygen atoms in total. The van der Waals surface area contributed by atoms with E-state index in [1.807, 2.05) is 54.6 Å². The summed E-state index contributed by atoms with van der Waals surface area (Å²) in [7, 11) is 0. The summed E-state index contributed by atoms with van der Waals surface area (Å²) in [6, 6.07) is 22.0. The van der Waals surface area contributed by atoms with Crippen LogP contribution in [0.15, 0.2) is 77.9 Å². The van der Waals surface area contributed by atoms with Crippen LogP contribution >= 0.6 is 0 Å². The first-order valence-electron chi connectivity index (χ1n) is 9.01. The maximum atomic E-state index is 6.04. The van der Waals surface area contributed by atoms with E-state index < -0.39 is 0 Å². The van der Waals surface area contributed by atoms with E-state index >= 15 is 0 Å². The van der Waals surface area contributed by atoms with Crippen LogP contribution < -0.4 is 15.8 Å². The molecule has 0 amide bonds. The molecule has 0 aliphatic rings. The predicted octanol–water partition coefficient (Wildman–Crippen LogP) is 4.15. The molecule has 3 rings (SSSR count). The Kier molecular flexibility index (Phi) is 6.41. The molecular formula is C22H24N4O. The molecule has 3 aromatic rings. The second-order valence-electron chi connectivity index (χ2n) is 6.12. The Labute approximate surface area is 159 Å². The van der Waals surface area contributed by atoms with Crippen LogP contribution in [0.1, 0.15) is 23.6 Å². The van der Waals surface area contributed by atoms with Crippen LogP contribution in [0.5, 0.6) is 5.88 Å². The van der Waals surface area contributed by atoms with Crippen LogP contribution in [0.3, 0.4) is 0 Å². The Morgan fingerprint density at radius 3 is 2.67 bits per heavy atom. The molecule has 1 aromatic heterocycles. The highest BCUT2D eigenvalue weighted by atomic mass is 16.5. The molecule has 5 heteroatoms. The van der Waals surface area contributed by atoms with Gasteiger partial charge >= 0.3 is 0 Å². The van der Waals surface area contributed by atoms with Gasteiger partial charge in [-0.3, -0.25) is 0 Å². The summed E-state index contributed by atoms with van der Waals surface area (Å²) in [5.41, 5.74) is 10.2. The molecule has 3 N–H and O–H groups in total. The molecule has 0 aliphatic carbocycles. The lowest BCUT2D eigenvalue weighted by Gasteiger charge is -2.10. The molecular weight excluding hydrogens is 336 g/mol. The zero-order valence-corrected chi connectivity index (χ0v) is 15.4. The second-order valence-corrected chi connectivity index (χ2v) is 6.12. The summed E-state index contributed by atoms with van der Waals surface area (Å²) in [4.78, 5) is 8.75. The molecule has 0 saturated carbocycles. The number of nitrogens with two attached hydrogens (primary N) is 1. The third-order valence-corrected chi connectivity index (χ3v) is 4.10. The van der Waals surface area contributed by atoms with Crippen molar-refractivity contribution >= 4 is 11.6 Å². The van der Waals surface area contributed by atoms with E-state index in [-0.39, 0.29) is 0 Å². The van der Waals surface area contributed by atoms with Gasteiger partial charge in [-0.05, 0) is 35.7 Å². The highest BCUT2D eigenvalue weighted by Gasteiger charge is 2.05. The highest BCUT2D eigenvalue weighted by Crippen LogP contribution is 2.17. The van der Waals surface area contributed by atoms with Crippen molar-refractivity contribution in [3.05, 3.63) is 89.6 Å². The molecule has 27 heavy (non-hydrogen) atoms. The van der Waals surface area contributed by atoms with Crippen molar-refractivity contribution in [1.82, 2.24) is 4.98 Å². The number of guanidine groups is 1. The van der Waals surface area contributed by atoms with Gasteiger partial charge in [0.25, 0.3) is 0 Å². The third kappa shape index (κ3) is 5.57. The van der Waals surface area contributed by atoms with Gasteiger partial charge in [-0.15, -0.1) is 0 Å². The topological polar surface area (TPSA) is 72.5 Å². The van der Waals surface area contributed by atoms with E-state index in [1.54, 1.807) is 6.20 Å². The maximum absolute atomic E-state index is 6.04. The number of pyridine rings is 1. The smallest absolute Gasteiger partial charge is 0.218 e. The van der Waals surface area contributed by atoms with Gasteiger partial charge in [-0.1, -0.05) is 55.5 Å². The summed E-state index contributed by atoms with van der Waals surface area (Å²) >= 11 is 0. The molecule has 0 radical (unpaired) electrons. The van der Waals surface area contributed by atoms with Crippen molar-refractivity contribution in [2.75, 3.05) is 5.32 Å². The Balaban J connectivity index is 1.63. The number of aromatic nitrogens is 1. The average Bonchev–Trinajstić information content (AvgIpc) is 2.72. The fourth-order valence-electron chi connectivity index (χ4n) is 2.63. The predicted molar refractivity (Wildman–Crippen MR) is 110 cm³/mol. The number of anilines is 1. The molecule has 1 heterocycles. The number of hydrogen-bond acceptors (Lipinski definition) is 3. The lowest BCUT2D eigenvalue weighted by molar-refractivity contribution is 0.290. The van der Waals surface area contributed by atoms with Crippen LogP contribution in [0.4, 0.5) is 5.69 Å². The molecule has 0 fully saturated rings. The van der Waals surface area contributed by atoms with Crippen LogP contribution in [-0.2, 0) is 19.6 Å². The lowest BCUT2D eigenvalue weighted by Crippen LogP contribution is -2.22. The number of nitrogens with zero attached hydrogens (tertiary/aromatic N) is 2. The second kappa shape index (κ2) is 9.38. The Bertz CT molecular complexity index is 894. The van der Waals surface area contributed by atoms with E-state index in [0.717, 1.165) is 23.2 Å². The fourth-order valence-corrected chi connectivity index (χ4v) is 2.63. The number of aryl methyl sites for hydroxylation is 1. The van der Waals surface area contributed by atoms with E-state index in [9.17, 15) is 0 Å². The highest BCUT2D eigenvalue weighted by molar-refractivity contribution is 5.92. The first kappa shape index (κ1) is 18.5. The molecule has 0 unspecified atom stereocenters. The first-order valence-corrected chi connectivity index (χ1v) is 9.01. The SMILES string of the molecule is CCc1cccc(NC(N)=NCc2cccnc2OCc2ccccc2)c1. The summed E-state index contributed by atoms with van der Waals surface area (Å²) in [5.74, 6) is 0.937. The van der Waals surface area contributed by atoms with E-state index in [0.29, 0.717) is 25.0 Å². The Morgan fingerprint density at radius 1 is 1.04 bits per heavy atom. The number of rotatable bonds is 7. The molecule has 0 spiro atoms. The Morgan fingerprint density at radius 2 is 1.85 bits per heavy atom. The van der Waals surface area contributed by atoms with Gasteiger partial charge in [-0.2, -0.15) is 0 Å². The largest absolute Gasteiger partial charge is 0.473 e. The molecule has 138 valence electrons. The number of hydrogen-bond donors (Lipinski definition) is 2. The van der Waals surface area contributed by atoms with Crippen molar-refractivity contribution in [1.29, 1.82) is 0 Å². The quantitative estimate of drug-likeness (QED) is 0.490. The zero-order chi connectivity index (χ0) is 18.9. The Hall–Kier alpha value is -3.34. The lowest BCUT2D eigenvalue weighted by atomic mass is 10.1. The van der Waals surface area contributed by atoms with Crippen molar-refractivity contribution in [3.63, 3.8) is 0 Å². The molecule has 0 atom stereocenters. The fraction of sp³-hybridized carbons (Fsp3) is 0.182. The molecule has 2 aromatic carbocycles. The first-order chi connectivity index (χ1) is 13.2. The number of aliphatic imine (C=N–C) groups is 1.